The summed E-state index contributed by atoms with van der Waals surface area (Å²) in [4.78, 5) is 4.83. The van der Waals surface area contributed by atoms with Gasteiger partial charge in [0.15, 0.2) is 0 Å². The first-order valence-corrected chi connectivity index (χ1v) is 18.8. The van der Waals surface area contributed by atoms with Crippen LogP contribution in [0.5, 0.6) is 23.0 Å². The van der Waals surface area contributed by atoms with Crippen LogP contribution in [0.1, 0.15) is 0 Å². The first kappa shape index (κ1) is 30.2. The fraction of sp³-hybridized carbons (Fsp3) is 0. The van der Waals surface area contributed by atoms with Crippen molar-refractivity contribution < 1.29 is 9.47 Å². The van der Waals surface area contributed by atoms with Crippen LogP contribution < -0.4 is 35.7 Å². The zero-order chi connectivity index (χ0) is 36.0. The van der Waals surface area contributed by atoms with Crippen LogP contribution in [-0.2, 0) is 0 Å². The van der Waals surface area contributed by atoms with E-state index < -0.39 is 0 Å². The number of fused-ring (bicyclic) bond motifs is 7. The third-order valence-corrected chi connectivity index (χ3v) is 11.5. The van der Waals surface area contributed by atoms with Gasteiger partial charge in [-0.25, -0.2) is 0 Å². The third kappa shape index (κ3) is 4.47. The first-order chi connectivity index (χ1) is 27.3. The van der Waals surface area contributed by atoms with E-state index in [2.05, 4.69) is 186 Å². The van der Waals surface area contributed by atoms with Crippen LogP contribution in [0.4, 0.5) is 34.1 Å². The Bertz CT molecular complexity index is 3020. The van der Waals surface area contributed by atoms with Crippen LogP contribution >= 0.6 is 0 Å². The van der Waals surface area contributed by atoms with Crippen molar-refractivity contribution in [2.75, 3.05) is 9.80 Å². The number of nitrogens with zero attached hydrogens (tertiary/aromatic N) is 2. The van der Waals surface area contributed by atoms with E-state index in [9.17, 15) is 0 Å². The minimum Gasteiger partial charge on any atom is -0.458 e. The van der Waals surface area contributed by atoms with Gasteiger partial charge in [-0.1, -0.05) is 109 Å². The van der Waals surface area contributed by atoms with E-state index in [-0.39, 0.29) is 6.71 Å². The minimum atomic E-state index is -0.0243. The monoisotopic (exact) mass is 702 g/mol. The lowest BCUT2D eigenvalue weighted by atomic mass is 9.34. The predicted octanol–water partition coefficient (Wildman–Crippen LogP) is 11.6. The van der Waals surface area contributed by atoms with Crippen LogP contribution in [-0.4, -0.2) is 6.71 Å². The molecule has 0 radical (unpaired) electrons. The third-order valence-electron chi connectivity index (χ3n) is 11.5. The van der Waals surface area contributed by atoms with E-state index >= 15 is 0 Å². The molecule has 5 heteroatoms. The average molecular weight is 703 g/mol. The van der Waals surface area contributed by atoms with Crippen LogP contribution in [0.2, 0.25) is 0 Å². The highest BCUT2D eigenvalue weighted by molar-refractivity contribution is 6.98. The second-order valence-corrected chi connectivity index (χ2v) is 14.5. The smallest absolute Gasteiger partial charge is 0.260 e. The Balaban J connectivity index is 1.12. The van der Waals surface area contributed by atoms with Gasteiger partial charge in [0.1, 0.15) is 23.0 Å². The Labute approximate surface area is 319 Å². The maximum atomic E-state index is 6.84. The molecule has 9 aromatic carbocycles. The van der Waals surface area contributed by atoms with E-state index in [4.69, 9.17) is 9.47 Å². The van der Waals surface area contributed by atoms with Crippen molar-refractivity contribution in [1.82, 2.24) is 0 Å². The molecule has 0 saturated carbocycles. The minimum absolute atomic E-state index is 0.0243. The summed E-state index contributed by atoms with van der Waals surface area (Å²) in [5.74, 6) is 3.45. The fourth-order valence-corrected chi connectivity index (χ4v) is 9.10. The lowest BCUT2D eigenvalue weighted by Gasteiger charge is -2.38. The van der Waals surface area contributed by atoms with Gasteiger partial charge in [0.05, 0.1) is 17.1 Å². The summed E-state index contributed by atoms with van der Waals surface area (Å²) >= 11 is 0. The van der Waals surface area contributed by atoms with E-state index in [0.717, 1.165) is 79.1 Å². The Morgan fingerprint density at radius 3 is 2.00 bits per heavy atom. The van der Waals surface area contributed by atoms with Gasteiger partial charge in [0.25, 0.3) is 6.71 Å². The molecule has 0 saturated heterocycles. The molecular weight excluding hydrogens is 671 g/mol. The van der Waals surface area contributed by atoms with E-state index in [1.165, 1.54) is 27.1 Å². The van der Waals surface area contributed by atoms with Crippen molar-refractivity contribution in [2.24, 2.45) is 0 Å². The highest BCUT2D eigenvalue weighted by atomic mass is 16.5. The molecule has 0 fully saturated rings. The standard InChI is InChI=1S/C50H31BN2O2/c1-3-15-34(16-4-1)52(36-26-25-32-13-7-8-14-33(32)29-36)42-28-27-37-39-30-48-41(51-40-20-9-10-22-45(40)54-46-23-12-24-47(55-48)50(46)51)31-44(39)53(35-17-5-2-6-18-35)43-21-11-19-38(42)49(37)43/h1-31H. The number of anilines is 6. The highest BCUT2D eigenvalue weighted by Crippen LogP contribution is 2.54. The van der Waals surface area contributed by atoms with Gasteiger partial charge in [-0.3, -0.25) is 0 Å². The predicted molar refractivity (Wildman–Crippen MR) is 228 cm³/mol. The van der Waals surface area contributed by atoms with Crippen LogP contribution in [0, 0.1) is 0 Å². The number of hydrogen-bond donors (Lipinski definition) is 0. The highest BCUT2D eigenvalue weighted by Gasteiger charge is 2.41. The second kappa shape index (κ2) is 11.6. The Kier molecular flexibility index (Phi) is 6.40. The quantitative estimate of drug-likeness (QED) is 0.171. The molecular formula is C50H31BN2O2. The molecule has 0 bridgehead atoms. The maximum absolute atomic E-state index is 6.84. The Hall–Kier alpha value is -7.24. The zero-order valence-electron chi connectivity index (χ0n) is 29.7. The van der Waals surface area contributed by atoms with Crippen molar-refractivity contribution >= 4 is 78.8 Å². The van der Waals surface area contributed by atoms with Crippen molar-refractivity contribution in [2.45, 2.75) is 0 Å². The van der Waals surface area contributed by atoms with Gasteiger partial charge in [0.2, 0.25) is 0 Å². The topological polar surface area (TPSA) is 24.9 Å². The molecule has 3 aliphatic heterocycles. The molecule has 0 spiro atoms. The van der Waals surface area contributed by atoms with Crippen LogP contribution in [0.15, 0.2) is 188 Å². The summed E-state index contributed by atoms with van der Waals surface area (Å²) < 4.78 is 13.3. The molecule has 256 valence electrons. The first-order valence-electron chi connectivity index (χ1n) is 18.8. The Morgan fingerprint density at radius 1 is 0.436 bits per heavy atom. The molecule has 12 rings (SSSR count). The summed E-state index contributed by atoms with van der Waals surface area (Å²) in [5.41, 5.74) is 12.4. The average Bonchev–Trinajstić information content (AvgIpc) is 3.24. The summed E-state index contributed by atoms with van der Waals surface area (Å²) in [6.45, 7) is -0.0243. The molecule has 0 N–H and O–H groups in total. The molecule has 3 aliphatic rings. The van der Waals surface area contributed by atoms with E-state index in [1.807, 2.05) is 12.1 Å². The fourth-order valence-electron chi connectivity index (χ4n) is 9.10. The van der Waals surface area contributed by atoms with Crippen molar-refractivity contribution in [3.63, 3.8) is 0 Å². The molecule has 3 heterocycles. The van der Waals surface area contributed by atoms with Gasteiger partial charge in [-0.15, -0.1) is 0 Å². The summed E-state index contributed by atoms with van der Waals surface area (Å²) in [6, 6.07) is 67.3. The number of hydrogen-bond acceptors (Lipinski definition) is 4. The largest absolute Gasteiger partial charge is 0.458 e. The molecule has 0 aromatic heterocycles. The van der Waals surface area contributed by atoms with Gasteiger partial charge in [0, 0.05) is 38.9 Å². The summed E-state index contributed by atoms with van der Waals surface area (Å²) in [7, 11) is 0. The Morgan fingerprint density at radius 2 is 1.15 bits per heavy atom. The molecule has 0 unspecified atom stereocenters. The number of ether oxygens (including phenoxy) is 2. The second-order valence-electron chi connectivity index (χ2n) is 14.5. The molecule has 0 atom stereocenters. The zero-order valence-corrected chi connectivity index (χ0v) is 29.7. The molecule has 9 aromatic rings. The van der Waals surface area contributed by atoms with Gasteiger partial charge < -0.3 is 19.3 Å². The molecule has 0 aliphatic carbocycles. The molecule has 0 amide bonds. The lowest BCUT2D eigenvalue weighted by molar-refractivity contribution is 0.464. The van der Waals surface area contributed by atoms with E-state index in [0.29, 0.717) is 0 Å². The van der Waals surface area contributed by atoms with E-state index in [1.54, 1.807) is 0 Å². The number of benzene rings is 9. The molecule has 4 nitrogen and oxygen atoms in total. The number of para-hydroxylation sites is 3. The van der Waals surface area contributed by atoms with Crippen molar-refractivity contribution in [3.05, 3.63) is 188 Å². The lowest BCUT2D eigenvalue weighted by Crippen LogP contribution is -2.57. The van der Waals surface area contributed by atoms with Gasteiger partial charge in [-0.05, 0) is 106 Å². The van der Waals surface area contributed by atoms with Crippen molar-refractivity contribution in [3.8, 4) is 34.1 Å². The van der Waals surface area contributed by atoms with Gasteiger partial charge in [-0.2, -0.15) is 0 Å². The van der Waals surface area contributed by atoms with Crippen LogP contribution in [0.25, 0.3) is 32.7 Å². The summed E-state index contributed by atoms with van der Waals surface area (Å²) in [6.07, 6.45) is 0. The maximum Gasteiger partial charge on any atom is 0.260 e. The normalized spacial score (nSPS) is 12.9. The van der Waals surface area contributed by atoms with Crippen molar-refractivity contribution in [1.29, 1.82) is 0 Å². The van der Waals surface area contributed by atoms with Crippen LogP contribution in [0.3, 0.4) is 0 Å². The SMILES string of the molecule is c1ccc(N(c2ccc3ccccc3c2)c2ccc3c4c(cccc24)N(c2ccccc2)c2cc4c(cc2-3)Oc2cccc3c2B4c2ccccc2O3)cc1. The number of rotatable bonds is 4. The van der Waals surface area contributed by atoms with Gasteiger partial charge >= 0.3 is 0 Å². The summed E-state index contributed by atoms with van der Waals surface area (Å²) in [5, 5.41) is 4.80. The molecule has 55 heavy (non-hydrogen) atoms.